The van der Waals surface area contributed by atoms with E-state index in [4.69, 9.17) is 0 Å². The summed E-state index contributed by atoms with van der Waals surface area (Å²) in [5.41, 5.74) is 0. The van der Waals surface area contributed by atoms with Gasteiger partial charge in [-0.25, -0.2) is 0 Å². The third-order valence-corrected chi connectivity index (χ3v) is 0. The fourth-order valence-electron chi connectivity index (χ4n) is 0. The molecule has 0 atom stereocenters. The van der Waals surface area contributed by atoms with Gasteiger partial charge in [-0.15, -0.1) is 0 Å². The third-order valence-electron chi connectivity index (χ3n) is 0. The van der Waals surface area contributed by atoms with E-state index in [2.05, 4.69) is 0 Å². The first kappa shape index (κ1) is 83.0. The molecule has 0 aromatic carbocycles. The molecule has 0 fully saturated rings. The van der Waals surface area contributed by atoms with Gasteiger partial charge in [-0.1, -0.05) is 0 Å². The zero-order valence-corrected chi connectivity index (χ0v) is 4.01. The van der Waals surface area contributed by atoms with Gasteiger partial charge in [0.15, 0.2) is 0 Å². The van der Waals surface area contributed by atoms with Gasteiger partial charge in [-0.3, -0.25) is 0 Å². The first-order valence-corrected chi connectivity index (χ1v) is 0. The molecule has 0 rings (SSSR count). The molecule has 4 heavy (non-hydrogen) atoms. The molecule has 0 unspecified atom stereocenters. The number of hydrogen-bond acceptors (Lipinski definition) is 0. The molecule has 0 radical (unpaired) electrons. The van der Waals surface area contributed by atoms with Crippen molar-refractivity contribution in [2.75, 3.05) is 0 Å². The summed E-state index contributed by atoms with van der Waals surface area (Å²) < 4.78 is 0. The molecule has 0 bridgehead atoms. The van der Waals surface area contributed by atoms with Crippen LogP contribution < -0.4 is 0 Å². The first-order chi connectivity index (χ1) is 0. The van der Waals surface area contributed by atoms with Gasteiger partial charge in [0.25, 0.3) is 0 Å². The van der Waals surface area contributed by atoms with Crippen molar-refractivity contribution in [1.29, 1.82) is 0 Å². The standard InChI is InChI=1S/Al.Fe.2O/q+3;+2;2*-2. The van der Waals surface area contributed by atoms with Crippen LogP contribution in [0.25, 0.3) is 0 Å². The van der Waals surface area contributed by atoms with Crippen molar-refractivity contribution in [3.05, 3.63) is 0 Å². The van der Waals surface area contributed by atoms with Crippen LogP contribution in [0, 0.1) is 0 Å². The minimum absolute atomic E-state index is 0. The monoisotopic (exact) mass is 115 g/mol. The van der Waals surface area contributed by atoms with Crippen molar-refractivity contribution in [2.45, 2.75) is 0 Å². The maximum Gasteiger partial charge on any atom is 3.00 e. The molecule has 0 saturated heterocycles. The quantitative estimate of drug-likeness (QED) is 0.377. The Bertz CT molecular complexity index is 6.00. The first-order valence-electron chi connectivity index (χ1n) is 0. The predicted octanol–water partition coefficient (Wildman–Crippen LogP) is -0.621. The number of rotatable bonds is 0. The van der Waals surface area contributed by atoms with Gasteiger partial charge >= 0.3 is 34.4 Å². The van der Waals surface area contributed by atoms with Gasteiger partial charge in [-0.05, 0) is 0 Å². The average Bonchev–Trinajstić information content (AvgIpc) is 0. The van der Waals surface area contributed by atoms with Crippen molar-refractivity contribution in [3.8, 4) is 0 Å². The maximum absolute atomic E-state index is 0. The van der Waals surface area contributed by atoms with E-state index in [0.29, 0.717) is 0 Å². The summed E-state index contributed by atoms with van der Waals surface area (Å²) in [7, 11) is 0. The van der Waals surface area contributed by atoms with Gasteiger partial charge in [-0.2, -0.15) is 0 Å². The van der Waals surface area contributed by atoms with Crippen molar-refractivity contribution in [3.63, 3.8) is 0 Å². The molecule has 0 spiro atoms. The second kappa shape index (κ2) is 37.1. The van der Waals surface area contributed by atoms with Gasteiger partial charge in [0.2, 0.25) is 0 Å². The summed E-state index contributed by atoms with van der Waals surface area (Å²) in [5, 5.41) is 0. The predicted molar refractivity (Wildman–Crippen MR) is 7.13 cm³/mol. The molecule has 4 heteroatoms. The number of hydrogen-bond donors (Lipinski definition) is 0. The average molecular weight is 115 g/mol. The molecule has 0 aromatic rings. The van der Waals surface area contributed by atoms with Crippen LogP contribution in [0.3, 0.4) is 0 Å². The summed E-state index contributed by atoms with van der Waals surface area (Å²) in [4.78, 5) is 0. The van der Waals surface area contributed by atoms with E-state index in [0.717, 1.165) is 0 Å². The molecule has 0 saturated carbocycles. The molecule has 0 aliphatic carbocycles. The molecule has 0 amide bonds. The van der Waals surface area contributed by atoms with Gasteiger partial charge < -0.3 is 11.0 Å². The Morgan fingerprint density at radius 2 is 0.750 bits per heavy atom. The summed E-state index contributed by atoms with van der Waals surface area (Å²) in [5.74, 6) is 0. The second-order valence-electron chi connectivity index (χ2n) is 0. The Balaban J connectivity index is 0. The van der Waals surface area contributed by atoms with Crippen molar-refractivity contribution in [2.24, 2.45) is 0 Å². The van der Waals surface area contributed by atoms with Gasteiger partial charge in [0.05, 0.1) is 0 Å². The Morgan fingerprint density at radius 1 is 0.750 bits per heavy atom. The molecule has 0 aromatic heterocycles. The minimum Gasteiger partial charge on any atom is -2.00 e. The van der Waals surface area contributed by atoms with Crippen LogP contribution in [-0.4, -0.2) is 17.4 Å². The van der Waals surface area contributed by atoms with Crippen molar-refractivity contribution in [1.82, 2.24) is 0 Å². The Hall–Kier alpha value is 0.972. The van der Waals surface area contributed by atoms with E-state index < -0.39 is 0 Å². The van der Waals surface area contributed by atoms with Crippen LogP contribution in [0.4, 0.5) is 0 Å². The van der Waals surface area contributed by atoms with Crippen LogP contribution in [0.15, 0.2) is 0 Å². The smallest absolute Gasteiger partial charge is 2.00 e. The maximum atomic E-state index is 0. The Labute approximate surface area is 45.8 Å². The minimum atomic E-state index is 0. The summed E-state index contributed by atoms with van der Waals surface area (Å²) in [6, 6.07) is 0. The van der Waals surface area contributed by atoms with Gasteiger partial charge in [0, 0.05) is 0 Å². The van der Waals surface area contributed by atoms with Gasteiger partial charge in [0.1, 0.15) is 0 Å². The SMILES string of the molecule is [Al+3].[Fe+2].[O-2].[O-2]. The Kier molecular flexibility index (Phi) is 771. The molecule has 2 nitrogen and oxygen atoms in total. The van der Waals surface area contributed by atoms with E-state index in [-0.39, 0.29) is 45.4 Å². The molecule has 0 aliphatic heterocycles. The van der Waals surface area contributed by atoms with Crippen LogP contribution in [0.5, 0.6) is 0 Å². The molecule has 0 N–H and O–H groups in total. The summed E-state index contributed by atoms with van der Waals surface area (Å²) >= 11 is 0. The molecular weight excluding hydrogens is 115 g/mol. The zero-order chi connectivity index (χ0) is 0. The van der Waals surface area contributed by atoms with Crippen molar-refractivity contribution >= 4 is 17.4 Å². The van der Waals surface area contributed by atoms with E-state index in [1.54, 1.807) is 0 Å². The van der Waals surface area contributed by atoms with Crippen molar-refractivity contribution < 1.29 is 28.0 Å². The van der Waals surface area contributed by atoms with Crippen LogP contribution in [-0.2, 0) is 28.0 Å². The van der Waals surface area contributed by atoms with E-state index in [1.165, 1.54) is 0 Å². The third kappa shape index (κ3) is 12.2. The second-order valence-corrected chi connectivity index (χ2v) is 0. The molecule has 0 aliphatic rings. The Morgan fingerprint density at radius 3 is 0.750 bits per heavy atom. The van der Waals surface area contributed by atoms with E-state index >= 15 is 0 Å². The normalized spacial score (nSPS) is 0. The molecular formula is AlFeO2+. The van der Waals surface area contributed by atoms with Crippen LogP contribution in [0.1, 0.15) is 0 Å². The largest absolute Gasteiger partial charge is 3.00 e. The summed E-state index contributed by atoms with van der Waals surface area (Å²) in [6.45, 7) is 0. The molecule has 0 heterocycles. The molecule has 22 valence electrons. The zero-order valence-electron chi connectivity index (χ0n) is 1.75. The summed E-state index contributed by atoms with van der Waals surface area (Å²) in [6.07, 6.45) is 0. The topological polar surface area (TPSA) is 57.0 Å². The fraction of sp³-hybridized carbons (Fsp3) is 0. The van der Waals surface area contributed by atoms with E-state index in [9.17, 15) is 0 Å². The van der Waals surface area contributed by atoms with Crippen LogP contribution >= 0.6 is 0 Å². The fourth-order valence-corrected chi connectivity index (χ4v) is 0. The van der Waals surface area contributed by atoms with Crippen LogP contribution in [0.2, 0.25) is 0 Å². The van der Waals surface area contributed by atoms with E-state index in [1.807, 2.05) is 0 Å².